The lowest BCUT2D eigenvalue weighted by atomic mass is 10.0. The first-order valence-corrected chi connectivity index (χ1v) is 5.68. The molecule has 0 bridgehead atoms. The molecular weight excluding hydrogens is 188 g/mol. The maximum absolute atomic E-state index is 5.07. The highest BCUT2D eigenvalue weighted by molar-refractivity contribution is 5.04. The summed E-state index contributed by atoms with van der Waals surface area (Å²) in [5.74, 6) is 0.793. The third-order valence-corrected chi connectivity index (χ3v) is 3.27. The van der Waals surface area contributed by atoms with E-state index < -0.39 is 0 Å². The van der Waals surface area contributed by atoms with Gasteiger partial charge in [0.1, 0.15) is 0 Å². The molecule has 1 N–H and O–H groups in total. The molecule has 1 saturated heterocycles. The van der Waals surface area contributed by atoms with Gasteiger partial charge in [0, 0.05) is 24.7 Å². The fourth-order valence-corrected chi connectivity index (χ4v) is 2.32. The van der Waals surface area contributed by atoms with Gasteiger partial charge in [0.2, 0.25) is 0 Å². The summed E-state index contributed by atoms with van der Waals surface area (Å²) in [7, 11) is 2.18. The molecule has 0 spiro atoms. The molecule has 0 amide bonds. The first kappa shape index (κ1) is 10.7. The van der Waals surface area contributed by atoms with Crippen LogP contribution in [0.25, 0.3) is 0 Å². The molecule has 1 aromatic heterocycles. The lowest BCUT2D eigenvalue weighted by Crippen LogP contribution is -2.32. The highest BCUT2D eigenvalue weighted by Crippen LogP contribution is 2.17. The van der Waals surface area contributed by atoms with Gasteiger partial charge in [-0.25, -0.2) is 0 Å². The number of rotatable bonds is 4. The summed E-state index contributed by atoms with van der Waals surface area (Å²) in [5.41, 5.74) is 1.26. The van der Waals surface area contributed by atoms with Crippen molar-refractivity contribution in [2.45, 2.75) is 25.9 Å². The van der Waals surface area contributed by atoms with Crippen LogP contribution in [-0.2, 0) is 6.54 Å². The van der Waals surface area contributed by atoms with Gasteiger partial charge in [-0.15, -0.1) is 0 Å². The van der Waals surface area contributed by atoms with Crippen LogP contribution in [-0.4, -0.2) is 31.1 Å². The van der Waals surface area contributed by atoms with Crippen molar-refractivity contribution < 1.29 is 4.42 Å². The Labute approximate surface area is 91.4 Å². The fourth-order valence-electron chi connectivity index (χ4n) is 2.32. The van der Waals surface area contributed by atoms with Crippen molar-refractivity contribution in [3.63, 3.8) is 0 Å². The molecule has 15 heavy (non-hydrogen) atoms. The van der Waals surface area contributed by atoms with E-state index in [4.69, 9.17) is 4.42 Å². The van der Waals surface area contributed by atoms with Crippen molar-refractivity contribution >= 4 is 0 Å². The summed E-state index contributed by atoms with van der Waals surface area (Å²) in [6.07, 6.45) is 4.87. The SMILES string of the molecule is CC1NCCC1CN(C)Cc1ccoc1. The molecule has 0 saturated carbocycles. The average molecular weight is 208 g/mol. The molecule has 1 aromatic rings. The number of nitrogens with zero attached hydrogens (tertiary/aromatic N) is 1. The Balaban J connectivity index is 1.79. The zero-order valence-electron chi connectivity index (χ0n) is 9.57. The molecule has 0 aliphatic carbocycles. The van der Waals surface area contributed by atoms with Crippen molar-refractivity contribution in [1.29, 1.82) is 0 Å². The zero-order chi connectivity index (χ0) is 10.7. The maximum atomic E-state index is 5.07. The van der Waals surface area contributed by atoms with Crippen LogP contribution in [0.5, 0.6) is 0 Å². The molecule has 0 radical (unpaired) electrons. The van der Waals surface area contributed by atoms with Gasteiger partial charge in [0.05, 0.1) is 12.5 Å². The van der Waals surface area contributed by atoms with E-state index in [0.717, 1.165) is 12.5 Å². The van der Waals surface area contributed by atoms with Gasteiger partial charge in [0.25, 0.3) is 0 Å². The quantitative estimate of drug-likeness (QED) is 0.816. The number of nitrogens with one attached hydrogen (secondary N) is 1. The molecule has 3 heteroatoms. The minimum absolute atomic E-state index is 0.664. The first-order chi connectivity index (χ1) is 7.25. The predicted octanol–water partition coefficient (Wildman–Crippen LogP) is 1.71. The van der Waals surface area contributed by atoms with Gasteiger partial charge < -0.3 is 14.6 Å². The third-order valence-electron chi connectivity index (χ3n) is 3.27. The monoisotopic (exact) mass is 208 g/mol. The Hall–Kier alpha value is -0.800. The van der Waals surface area contributed by atoms with E-state index in [9.17, 15) is 0 Å². The third kappa shape index (κ3) is 2.83. The van der Waals surface area contributed by atoms with Crippen LogP contribution in [0.2, 0.25) is 0 Å². The zero-order valence-corrected chi connectivity index (χ0v) is 9.57. The van der Waals surface area contributed by atoms with Crippen molar-refractivity contribution in [2.24, 2.45) is 5.92 Å². The second-order valence-electron chi connectivity index (χ2n) is 4.62. The van der Waals surface area contributed by atoms with Crippen LogP contribution >= 0.6 is 0 Å². The van der Waals surface area contributed by atoms with Crippen LogP contribution in [0.4, 0.5) is 0 Å². The molecular formula is C12H20N2O. The van der Waals surface area contributed by atoms with E-state index in [0.29, 0.717) is 6.04 Å². The molecule has 1 aliphatic rings. The smallest absolute Gasteiger partial charge is 0.0947 e. The van der Waals surface area contributed by atoms with E-state index in [2.05, 4.69) is 24.2 Å². The maximum Gasteiger partial charge on any atom is 0.0947 e. The lowest BCUT2D eigenvalue weighted by Gasteiger charge is -2.22. The van der Waals surface area contributed by atoms with Gasteiger partial charge in [-0.05, 0) is 38.9 Å². The highest BCUT2D eigenvalue weighted by atomic mass is 16.3. The minimum Gasteiger partial charge on any atom is -0.472 e. The normalized spacial score (nSPS) is 26.3. The second-order valence-corrected chi connectivity index (χ2v) is 4.62. The van der Waals surface area contributed by atoms with Crippen molar-refractivity contribution in [3.05, 3.63) is 24.2 Å². The number of hydrogen-bond acceptors (Lipinski definition) is 3. The van der Waals surface area contributed by atoms with Gasteiger partial charge in [-0.2, -0.15) is 0 Å². The minimum atomic E-state index is 0.664. The molecule has 2 unspecified atom stereocenters. The number of hydrogen-bond donors (Lipinski definition) is 1. The summed E-state index contributed by atoms with van der Waals surface area (Å²) in [6, 6.07) is 2.70. The molecule has 2 atom stereocenters. The Morgan fingerprint density at radius 2 is 2.47 bits per heavy atom. The highest BCUT2D eigenvalue weighted by Gasteiger charge is 2.23. The summed E-state index contributed by atoms with van der Waals surface area (Å²) in [6.45, 7) is 5.60. The van der Waals surface area contributed by atoms with Crippen LogP contribution in [0, 0.1) is 5.92 Å². The molecule has 0 aromatic carbocycles. The summed E-state index contributed by atoms with van der Waals surface area (Å²) in [4.78, 5) is 2.37. The largest absolute Gasteiger partial charge is 0.472 e. The Morgan fingerprint density at radius 3 is 3.07 bits per heavy atom. The van der Waals surface area contributed by atoms with E-state index in [1.165, 1.54) is 25.1 Å². The Morgan fingerprint density at radius 1 is 1.60 bits per heavy atom. The Kier molecular flexibility index (Phi) is 3.44. The first-order valence-electron chi connectivity index (χ1n) is 5.68. The topological polar surface area (TPSA) is 28.4 Å². The van der Waals surface area contributed by atoms with Crippen LogP contribution in [0.15, 0.2) is 23.0 Å². The predicted molar refractivity (Wildman–Crippen MR) is 60.6 cm³/mol. The summed E-state index contributed by atoms with van der Waals surface area (Å²) in [5, 5.41) is 3.49. The van der Waals surface area contributed by atoms with Crippen LogP contribution in [0.1, 0.15) is 18.9 Å². The van der Waals surface area contributed by atoms with Crippen molar-refractivity contribution in [3.8, 4) is 0 Å². The standard InChI is InChI=1S/C12H20N2O/c1-10-12(3-5-13-10)8-14(2)7-11-4-6-15-9-11/h4,6,9-10,12-13H,3,5,7-8H2,1-2H3. The second kappa shape index (κ2) is 4.81. The molecule has 1 aliphatic heterocycles. The number of furan rings is 1. The van der Waals surface area contributed by atoms with E-state index in [-0.39, 0.29) is 0 Å². The van der Waals surface area contributed by atoms with E-state index >= 15 is 0 Å². The molecule has 2 rings (SSSR count). The van der Waals surface area contributed by atoms with Gasteiger partial charge in [-0.3, -0.25) is 0 Å². The van der Waals surface area contributed by atoms with Gasteiger partial charge in [-0.1, -0.05) is 0 Å². The molecule has 1 fully saturated rings. The fraction of sp³-hybridized carbons (Fsp3) is 0.667. The van der Waals surface area contributed by atoms with Crippen molar-refractivity contribution in [2.75, 3.05) is 20.1 Å². The van der Waals surface area contributed by atoms with E-state index in [1.54, 1.807) is 6.26 Å². The van der Waals surface area contributed by atoms with E-state index in [1.807, 2.05) is 12.3 Å². The van der Waals surface area contributed by atoms with Crippen LogP contribution in [0.3, 0.4) is 0 Å². The van der Waals surface area contributed by atoms with Gasteiger partial charge >= 0.3 is 0 Å². The molecule has 84 valence electrons. The lowest BCUT2D eigenvalue weighted by molar-refractivity contribution is 0.259. The average Bonchev–Trinajstić information content (AvgIpc) is 2.79. The Bertz CT molecular complexity index is 284. The van der Waals surface area contributed by atoms with Gasteiger partial charge in [0.15, 0.2) is 0 Å². The van der Waals surface area contributed by atoms with Crippen LogP contribution < -0.4 is 5.32 Å². The van der Waals surface area contributed by atoms with Crippen molar-refractivity contribution in [1.82, 2.24) is 10.2 Å². The molecule has 2 heterocycles. The summed E-state index contributed by atoms with van der Waals surface area (Å²) >= 11 is 0. The summed E-state index contributed by atoms with van der Waals surface area (Å²) < 4.78 is 5.07. The molecule has 3 nitrogen and oxygen atoms in total.